The van der Waals surface area contributed by atoms with Gasteiger partial charge < -0.3 is 0 Å². The van der Waals surface area contributed by atoms with E-state index in [4.69, 9.17) is 0 Å². The molecule has 1 aromatic heterocycles. The van der Waals surface area contributed by atoms with Gasteiger partial charge in [-0.15, -0.1) is 0 Å². The summed E-state index contributed by atoms with van der Waals surface area (Å²) < 4.78 is 0. The lowest BCUT2D eigenvalue weighted by Crippen LogP contribution is -2.21. The molecule has 0 bridgehead atoms. The molecule has 0 saturated heterocycles. The summed E-state index contributed by atoms with van der Waals surface area (Å²) >= 11 is 0. The van der Waals surface area contributed by atoms with E-state index in [-0.39, 0.29) is 5.41 Å². The fourth-order valence-corrected chi connectivity index (χ4v) is 3.17. The first-order valence-electron chi connectivity index (χ1n) is 7.32. The molecule has 1 heterocycles. The monoisotopic (exact) mass is 254 g/mol. The number of rotatable bonds is 2. The predicted molar refractivity (Wildman–Crippen MR) is 78.4 cm³/mol. The zero-order valence-electron chi connectivity index (χ0n) is 11.9. The number of nitrogens with zero attached hydrogens (tertiary/aromatic N) is 1. The normalized spacial score (nSPS) is 15.9. The second-order valence-electron chi connectivity index (χ2n) is 6.08. The third-order valence-electron chi connectivity index (χ3n) is 4.39. The largest absolute Gasteiger partial charge is 0.282 e. The van der Waals surface area contributed by atoms with E-state index in [1.54, 1.807) is 0 Å². The van der Waals surface area contributed by atoms with Crippen LogP contribution in [0.4, 0.5) is 0 Å². The predicted octanol–water partition coefficient (Wildman–Crippen LogP) is 4.00. The number of aryl methyl sites for hydroxylation is 1. The molecule has 0 spiro atoms. The summed E-state index contributed by atoms with van der Waals surface area (Å²) in [5.41, 5.74) is 5.42. The highest BCUT2D eigenvalue weighted by Crippen LogP contribution is 2.35. The lowest BCUT2D eigenvalue weighted by molar-refractivity contribution is 0.600. The molecule has 1 aliphatic carbocycles. The molecule has 0 atom stereocenters. The average Bonchev–Trinajstić information content (AvgIpc) is 2.70. The molecule has 1 N–H and O–H groups in total. The van der Waals surface area contributed by atoms with Crippen molar-refractivity contribution < 1.29 is 0 Å². The zero-order chi connectivity index (χ0) is 13.3. The molecule has 0 aliphatic heterocycles. The fourth-order valence-electron chi connectivity index (χ4n) is 3.17. The molecule has 0 amide bonds. The van der Waals surface area contributed by atoms with Gasteiger partial charge in [0.05, 0.1) is 5.69 Å². The summed E-state index contributed by atoms with van der Waals surface area (Å²) in [7, 11) is 0. The maximum absolute atomic E-state index is 4.66. The Bertz CT molecular complexity index is 552. The van der Waals surface area contributed by atoms with Crippen LogP contribution in [0.3, 0.4) is 0 Å². The third kappa shape index (κ3) is 2.20. The smallest absolute Gasteiger partial charge is 0.0756 e. The van der Waals surface area contributed by atoms with Gasteiger partial charge in [0.2, 0.25) is 0 Å². The Balaban J connectivity index is 2.04. The number of hydrogen-bond acceptors (Lipinski definition) is 1. The highest BCUT2D eigenvalue weighted by Gasteiger charge is 2.30. The zero-order valence-corrected chi connectivity index (χ0v) is 11.9. The number of H-pyrrole nitrogens is 1. The van der Waals surface area contributed by atoms with Crippen LogP contribution >= 0.6 is 0 Å². The van der Waals surface area contributed by atoms with Crippen molar-refractivity contribution >= 4 is 0 Å². The molecule has 3 rings (SSSR count). The Morgan fingerprint density at radius 3 is 2.53 bits per heavy atom. The molecule has 1 aliphatic rings. The van der Waals surface area contributed by atoms with E-state index < -0.39 is 0 Å². The van der Waals surface area contributed by atoms with Crippen LogP contribution in [-0.2, 0) is 18.3 Å². The van der Waals surface area contributed by atoms with Gasteiger partial charge >= 0.3 is 0 Å². The van der Waals surface area contributed by atoms with Crippen molar-refractivity contribution in [3.63, 3.8) is 0 Å². The maximum Gasteiger partial charge on any atom is 0.0756 e. The van der Waals surface area contributed by atoms with E-state index in [0.717, 1.165) is 6.42 Å². The number of benzene rings is 1. The first kappa shape index (κ1) is 12.5. The van der Waals surface area contributed by atoms with Gasteiger partial charge in [-0.1, -0.05) is 50.6 Å². The Labute approximate surface area is 115 Å². The highest BCUT2D eigenvalue weighted by atomic mass is 15.1. The molecular formula is C17H22N2. The van der Waals surface area contributed by atoms with Crippen LogP contribution < -0.4 is 0 Å². The number of fused-ring (bicyclic) bond motifs is 1. The number of nitrogens with one attached hydrogen (secondary N) is 1. The third-order valence-corrected chi connectivity index (χ3v) is 4.39. The quantitative estimate of drug-likeness (QED) is 0.806. The Kier molecular flexibility index (Phi) is 3.17. The molecule has 2 aromatic rings. The SMILES string of the molecule is CC(C)(c1ccccc1)c1n[nH]c2c1CCCCC2. The van der Waals surface area contributed by atoms with Gasteiger partial charge in [0.15, 0.2) is 0 Å². The van der Waals surface area contributed by atoms with Crippen molar-refractivity contribution in [1.82, 2.24) is 10.2 Å². The molecular weight excluding hydrogens is 232 g/mol. The average molecular weight is 254 g/mol. The molecule has 0 radical (unpaired) electrons. The molecule has 2 nitrogen and oxygen atoms in total. The van der Waals surface area contributed by atoms with E-state index >= 15 is 0 Å². The lowest BCUT2D eigenvalue weighted by Gasteiger charge is -2.24. The van der Waals surface area contributed by atoms with Crippen LogP contribution in [0.15, 0.2) is 30.3 Å². The van der Waals surface area contributed by atoms with E-state index in [1.807, 2.05) is 0 Å². The molecule has 19 heavy (non-hydrogen) atoms. The summed E-state index contributed by atoms with van der Waals surface area (Å²) in [6.07, 6.45) is 6.27. The summed E-state index contributed by atoms with van der Waals surface area (Å²) in [4.78, 5) is 0. The van der Waals surface area contributed by atoms with Gasteiger partial charge in [0.25, 0.3) is 0 Å². The fraction of sp³-hybridized carbons (Fsp3) is 0.471. The van der Waals surface area contributed by atoms with Crippen LogP contribution in [0, 0.1) is 0 Å². The van der Waals surface area contributed by atoms with E-state index in [1.165, 1.54) is 48.2 Å². The molecule has 100 valence electrons. The second kappa shape index (κ2) is 4.84. The van der Waals surface area contributed by atoms with Gasteiger partial charge in [-0.2, -0.15) is 5.10 Å². The second-order valence-corrected chi connectivity index (χ2v) is 6.08. The Hall–Kier alpha value is -1.57. The first-order chi connectivity index (χ1) is 9.19. The van der Waals surface area contributed by atoms with Crippen LogP contribution in [-0.4, -0.2) is 10.2 Å². The van der Waals surface area contributed by atoms with Gasteiger partial charge in [0.1, 0.15) is 0 Å². The minimum Gasteiger partial charge on any atom is -0.282 e. The van der Waals surface area contributed by atoms with Crippen LogP contribution in [0.1, 0.15) is 55.6 Å². The molecule has 0 saturated carbocycles. The maximum atomic E-state index is 4.66. The van der Waals surface area contributed by atoms with Gasteiger partial charge in [-0.25, -0.2) is 0 Å². The molecule has 1 aromatic carbocycles. The minimum atomic E-state index is -0.0182. The number of aromatic amines is 1. The van der Waals surface area contributed by atoms with Gasteiger partial charge in [0, 0.05) is 11.1 Å². The Morgan fingerprint density at radius 1 is 1.00 bits per heavy atom. The minimum absolute atomic E-state index is 0.0182. The lowest BCUT2D eigenvalue weighted by atomic mass is 9.79. The van der Waals surface area contributed by atoms with Crippen LogP contribution in [0.2, 0.25) is 0 Å². The summed E-state index contributed by atoms with van der Waals surface area (Å²) in [5, 5.41) is 7.95. The number of aromatic nitrogens is 2. The topological polar surface area (TPSA) is 28.7 Å². The summed E-state index contributed by atoms with van der Waals surface area (Å²) in [6, 6.07) is 10.7. The van der Waals surface area contributed by atoms with Crippen molar-refractivity contribution in [2.24, 2.45) is 0 Å². The van der Waals surface area contributed by atoms with Crippen LogP contribution in [0.25, 0.3) is 0 Å². The van der Waals surface area contributed by atoms with Crippen LogP contribution in [0.5, 0.6) is 0 Å². The van der Waals surface area contributed by atoms with E-state index in [2.05, 4.69) is 54.4 Å². The summed E-state index contributed by atoms with van der Waals surface area (Å²) in [6.45, 7) is 4.56. The van der Waals surface area contributed by atoms with Crippen molar-refractivity contribution in [3.05, 3.63) is 52.8 Å². The Morgan fingerprint density at radius 2 is 1.74 bits per heavy atom. The van der Waals surface area contributed by atoms with Crippen molar-refractivity contribution in [2.45, 2.75) is 51.4 Å². The molecule has 0 fully saturated rings. The van der Waals surface area contributed by atoms with Crippen molar-refractivity contribution in [2.75, 3.05) is 0 Å². The van der Waals surface area contributed by atoms with Crippen molar-refractivity contribution in [3.8, 4) is 0 Å². The van der Waals surface area contributed by atoms with E-state index in [0.29, 0.717) is 0 Å². The molecule has 0 unspecified atom stereocenters. The van der Waals surface area contributed by atoms with Gasteiger partial charge in [-0.05, 0) is 36.8 Å². The highest BCUT2D eigenvalue weighted by molar-refractivity contribution is 5.40. The number of hydrogen-bond donors (Lipinski definition) is 1. The molecule has 2 heteroatoms. The first-order valence-corrected chi connectivity index (χ1v) is 7.32. The van der Waals surface area contributed by atoms with E-state index in [9.17, 15) is 0 Å². The van der Waals surface area contributed by atoms with Crippen molar-refractivity contribution in [1.29, 1.82) is 0 Å². The van der Waals surface area contributed by atoms with Gasteiger partial charge in [-0.3, -0.25) is 5.10 Å². The standard InChI is InChI=1S/C17H22N2/c1-17(2,13-9-5-3-6-10-13)16-14-11-7-4-8-12-15(14)18-19-16/h3,5-6,9-10H,4,7-8,11-12H2,1-2H3,(H,18,19). The summed E-state index contributed by atoms with van der Waals surface area (Å²) in [5.74, 6) is 0.